The number of nitrogens with zero attached hydrogens (tertiary/aromatic N) is 6. The fourth-order valence-electron chi connectivity index (χ4n) is 6.43. The molecule has 7 rings (SSSR count). The van der Waals surface area contributed by atoms with E-state index < -0.39 is 10.0 Å². The number of hydrogen-bond donors (Lipinski definition) is 0. The zero-order valence-electron chi connectivity index (χ0n) is 27.1. The van der Waals surface area contributed by atoms with Gasteiger partial charge in [0.1, 0.15) is 0 Å². The van der Waals surface area contributed by atoms with Gasteiger partial charge in [-0.25, -0.2) is 17.4 Å². The zero-order valence-corrected chi connectivity index (χ0v) is 27.9. The van der Waals surface area contributed by atoms with E-state index in [0.29, 0.717) is 28.1 Å². The molecule has 3 aromatic heterocycles. The summed E-state index contributed by atoms with van der Waals surface area (Å²) < 4.78 is 31.3. The third-order valence-corrected chi connectivity index (χ3v) is 10.9. The lowest BCUT2D eigenvalue weighted by atomic mass is 9.97. The fraction of sp³-hybridized carbons (Fsp3) is 0.270. The molecule has 1 aliphatic heterocycles. The van der Waals surface area contributed by atoms with Crippen LogP contribution in [0.5, 0.6) is 0 Å². The molecule has 9 nitrogen and oxygen atoms in total. The highest BCUT2D eigenvalue weighted by molar-refractivity contribution is 7.90. The van der Waals surface area contributed by atoms with Crippen molar-refractivity contribution in [3.8, 4) is 22.3 Å². The molecule has 47 heavy (non-hydrogen) atoms. The van der Waals surface area contributed by atoms with Crippen LogP contribution < -0.4 is 0 Å². The molecule has 0 saturated carbocycles. The van der Waals surface area contributed by atoms with Gasteiger partial charge >= 0.3 is 0 Å². The number of likely N-dealkylation sites (tertiary alicyclic amines) is 1. The van der Waals surface area contributed by atoms with Crippen LogP contribution in [0.15, 0.2) is 96.3 Å². The first-order chi connectivity index (χ1) is 22.6. The zero-order chi connectivity index (χ0) is 32.9. The standard InChI is InChI=1S/C37H38N6O3S/c1-25-5-12-32(13-6-25)47(45,46)43-24-34(27-7-9-28(10-8-27)37(44)40(2)3)33-20-30(21-38-36(33)43)29-11-14-35-31(19-29)22-39-42(35)23-26-15-17-41(4)18-16-26/h5-14,19-22,24,26H,15-18,23H2,1-4H3. The van der Waals surface area contributed by atoms with E-state index in [0.717, 1.165) is 52.8 Å². The first-order valence-electron chi connectivity index (χ1n) is 15.9. The Bertz CT molecular complexity index is 2210. The normalized spacial score (nSPS) is 14.6. The molecule has 4 heterocycles. The molecule has 0 unspecified atom stereocenters. The quantitative estimate of drug-likeness (QED) is 0.202. The molecule has 240 valence electrons. The monoisotopic (exact) mass is 646 g/mol. The van der Waals surface area contributed by atoms with Gasteiger partial charge < -0.3 is 9.80 Å². The van der Waals surface area contributed by atoms with E-state index in [4.69, 9.17) is 10.1 Å². The van der Waals surface area contributed by atoms with E-state index in [9.17, 15) is 13.2 Å². The molecule has 1 amide bonds. The van der Waals surface area contributed by atoms with Gasteiger partial charge in [-0.05, 0) is 99.4 Å². The van der Waals surface area contributed by atoms with E-state index in [1.807, 2.05) is 31.3 Å². The molecule has 1 fully saturated rings. The summed E-state index contributed by atoms with van der Waals surface area (Å²) in [5, 5.41) is 6.48. The molecule has 1 aliphatic rings. The SMILES string of the molecule is Cc1ccc(S(=O)(=O)n2cc(-c3ccc(C(=O)N(C)C)cc3)c3cc(-c4ccc5c(cnn5CC5CCN(C)CC5)c4)cnc32)cc1. The highest BCUT2D eigenvalue weighted by Gasteiger charge is 2.24. The molecule has 0 N–H and O–H groups in total. The molecule has 1 saturated heterocycles. The molecule has 0 radical (unpaired) electrons. The summed E-state index contributed by atoms with van der Waals surface area (Å²) in [6, 6.07) is 22.4. The number of pyridine rings is 1. The maximum atomic E-state index is 13.9. The highest BCUT2D eigenvalue weighted by atomic mass is 32.2. The summed E-state index contributed by atoms with van der Waals surface area (Å²) in [4.78, 5) is 21.4. The number of fused-ring (bicyclic) bond motifs is 2. The lowest BCUT2D eigenvalue weighted by Crippen LogP contribution is -2.32. The van der Waals surface area contributed by atoms with Gasteiger partial charge in [-0.1, -0.05) is 35.9 Å². The number of aromatic nitrogens is 4. The number of benzene rings is 3. The second-order valence-corrected chi connectivity index (χ2v) is 14.7. The molecule has 0 aliphatic carbocycles. The second-order valence-electron chi connectivity index (χ2n) is 12.9. The topological polar surface area (TPSA) is 93.3 Å². The number of carbonyl (C=O) groups is 1. The number of rotatable bonds is 7. The molecule has 10 heteroatoms. The van der Waals surface area contributed by atoms with Crippen LogP contribution in [-0.2, 0) is 16.6 Å². The highest BCUT2D eigenvalue weighted by Crippen LogP contribution is 2.36. The van der Waals surface area contributed by atoms with Gasteiger partial charge in [0.2, 0.25) is 0 Å². The maximum absolute atomic E-state index is 13.9. The molecule has 6 aromatic rings. The van der Waals surface area contributed by atoms with Crippen LogP contribution in [0, 0.1) is 12.8 Å². The smallest absolute Gasteiger partial charge is 0.269 e. The fourth-order valence-corrected chi connectivity index (χ4v) is 7.75. The Balaban J connectivity index is 1.30. The van der Waals surface area contributed by atoms with Crippen LogP contribution in [0.4, 0.5) is 0 Å². The van der Waals surface area contributed by atoms with E-state index >= 15 is 0 Å². The van der Waals surface area contributed by atoms with Crippen molar-refractivity contribution < 1.29 is 13.2 Å². The van der Waals surface area contributed by atoms with Gasteiger partial charge in [0.05, 0.1) is 16.6 Å². The Morgan fingerprint density at radius 1 is 0.894 bits per heavy atom. The average molecular weight is 647 g/mol. The maximum Gasteiger partial charge on any atom is 0.269 e. The molecular formula is C37H38N6O3S. The summed E-state index contributed by atoms with van der Waals surface area (Å²) >= 11 is 0. The van der Waals surface area contributed by atoms with E-state index in [1.165, 1.54) is 21.7 Å². The molecule has 0 spiro atoms. The van der Waals surface area contributed by atoms with Crippen molar-refractivity contribution in [1.29, 1.82) is 0 Å². The van der Waals surface area contributed by atoms with Crippen LogP contribution in [-0.4, -0.2) is 77.1 Å². The Morgan fingerprint density at radius 3 is 2.30 bits per heavy atom. The van der Waals surface area contributed by atoms with Crippen molar-refractivity contribution in [2.45, 2.75) is 31.2 Å². The van der Waals surface area contributed by atoms with Gasteiger partial charge in [0.25, 0.3) is 15.9 Å². The molecular weight excluding hydrogens is 609 g/mol. The van der Waals surface area contributed by atoms with Crippen LogP contribution >= 0.6 is 0 Å². The van der Waals surface area contributed by atoms with Crippen molar-refractivity contribution in [3.63, 3.8) is 0 Å². The van der Waals surface area contributed by atoms with Gasteiger partial charge in [-0.2, -0.15) is 5.10 Å². The van der Waals surface area contributed by atoms with Crippen molar-refractivity contribution >= 4 is 37.9 Å². The van der Waals surface area contributed by atoms with Crippen LogP contribution in [0.2, 0.25) is 0 Å². The van der Waals surface area contributed by atoms with Crippen molar-refractivity contribution in [1.82, 2.24) is 28.5 Å². The second kappa shape index (κ2) is 12.1. The number of hydrogen-bond acceptors (Lipinski definition) is 6. The Kier molecular flexibility index (Phi) is 7.93. The lowest BCUT2D eigenvalue weighted by Gasteiger charge is -2.28. The summed E-state index contributed by atoms with van der Waals surface area (Å²) in [7, 11) is 1.66. The Hall–Kier alpha value is -4.80. The van der Waals surface area contributed by atoms with Crippen molar-refractivity contribution in [2.75, 3.05) is 34.2 Å². The number of aryl methyl sites for hydroxylation is 1. The summed E-state index contributed by atoms with van der Waals surface area (Å²) in [5.74, 6) is 0.518. The van der Waals surface area contributed by atoms with E-state index in [-0.39, 0.29) is 10.8 Å². The first-order valence-corrected chi connectivity index (χ1v) is 17.3. The van der Waals surface area contributed by atoms with E-state index in [1.54, 1.807) is 62.9 Å². The van der Waals surface area contributed by atoms with Gasteiger partial charge in [-0.15, -0.1) is 0 Å². The molecule has 3 aromatic carbocycles. The minimum Gasteiger partial charge on any atom is -0.345 e. The van der Waals surface area contributed by atoms with Crippen LogP contribution in [0.1, 0.15) is 28.8 Å². The average Bonchev–Trinajstić information content (AvgIpc) is 3.67. The molecule has 0 bridgehead atoms. The minimum atomic E-state index is -3.94. The van der Waals surface area contributed by atoms with Crippen molar-refractivity contribution in [2.24, 2.45) is 5.92 Å². The third-order valence-electron chi connectivity index (χ3n) is 9.28. The largest absolute Gasteiger partial charge is 0.345 e. The summed E-state index contributed by atoms with van der Waals surface area (Å²) in [5.41, 5.74) is 6.30. The minimum absolute atomic E-state index is 0.102. The number of carbonyl (C=O) groups excluding carboxylic acids is 1. The van der Waals surface area contributed by atoms with Gasteiger partial charge in [0, 0.05) is 60.5 Å². The summed E-state index contributed by atoms with van der Waals surface area (Å²) in [6.07, 6.45) is 7.65. The molecule has 0 atom stereocenters. The van der Waals surface area contributed by atoms with E-state index in [2.05, 4.69) is 34.8 Å². The third kappa shape index (κ3) is 5.83. The van der Waals surface area contributed by atoms with Crippen LogP contribution in [0.3, 0.4) is 0 Å². The van der Waals surface area contributed by atoms with Gasteiger partial charge in [-0.3, -0.25) is 9.48 Å². The van der Waals surface area contributed by atoms with Gasteiger partial charge in [0.15, 0.2) is 5.65 Å². The number of piperidine rings is 1. The Morgan fingerprint density at radius 2 is 1.60 bits per heavy atom. The Labute approximate surface area is 275 Å². The predicted octanol–water partition coefficient (Wildman–Crippen LogP) is 6.31. The lowest BCUT2D eigenvalue weighted by molar-refractivity contribution is 0.0827. The predicted molar refractivity (Wildman–Crippen MR) is 186 cm³/mol. The number of amides is 1. The van der Waals surface area contributed by atoms with Crippen LogP contribution in [0.25, 0.3) is 44.2 Å². The first kappa shape index (κ1) is 30.8. The van der Waals surface area contributed by atoms with Crippen molar-refractivity contribution in [3.05, 3.63) is 103 Å². The summed E-state index contributed by atoms with van der Waals surface area (Å²) in [6.45, 7) is 5.08.